The Kier molecular flexibility index (Phi) is 6.08. The van der Waals surface area contributed by atoms with Crippen molar-refractivity contribution in [1.82, 2.24) is 24.4 Å². The molecule has 0 aliphatic carbocycles. The van der Waals surface area contributed by atoms with E-state index in [4.69, 9.17) is 12.2 Å². The smallest absolute Gasteiger partial charge is 0.243 e. The fraction of sp³-hybridized carbons (Fsp3) is 0.471. The van der Waals surface area contributed by atoms with Crippen LogP contribution in [0.1, 0.15) is 18.7 Å². The van der Waals surface area contributed by atoms with Crippen molar-refractivity contribution in [3.8, 4) is 0 Å². The second kappa shape index (κ2) is 8.32. The first-order chi connectivity index (χ1) is 12.9. The van der Waals surface area contributed by atoms with Gasteiger partial charge in [-0.25, -0.2) is 8.42 Å². The number of benzene rings is 1. The van der Waals surface area contributed by atoms with Gasteiger partial charge in [-0.2, -0.15) is 9.40 Å². The molecule has 3 rings (SSSR count). The predicted molar refractivity (Wildman–Crippen MR) is 103 cm³/mol. The summed E-state index contributed by atoms with van der Waals surface area (Å²) in [5, 5.41) is 9.74. The topological polar surface area (TPSA) is 100 Å². The molecule has 2 aromatic rings. The minimum absolute atomic E-state index is 0.0384. The molecule has 146 valence electrons. The van der Waals surface area contributed by atoms with Crippen LogP contribution in [0.15, 0.2) is 35.2 Å². The molecular weight excluding hydrogens is 386 g/mol. The molecule has 0 spiro atoms. The molecule has 1 aliphatic heterocycles. The summed E-state index contributed by atoms with van der Waals surface area (Å²) in [5.74, 6) is 0.572. The van der Waals surface area contributed by atoms with Gasteiger partial charge < -0.3 is 9.88 Å². The fourth-order valence-corrected chi connectivity index (χ4v) is 4.79. The largest absolute Gasteiger partial charge is 0.355 e. The Morgan fingerprint density at radius 1 is 1.30 bits per heavy atom. The highest BCUT2D eigenvalue weighted by Gasteiger charge is 2.31. The number of piperidine rings is 1. The normalized spacial score (nSPS) is 16.3. The number of hydrogen-bond donors (Lipinski definition) is 2. The molecule has 1 fully saturated rings. The van der Waals surface area contributed by atoms with Gasteiger partial charge in [-0.3, -0.25) is 9.89 Å². The van der Waals surface area contributed by atoms with E-state index < -0.39 is 10.0 Å². The van der Waals surface area contributed by atoms with Crippen LogP contribution in [0.3, 0.4) is 0 Å². The summed E-state index contributed by atoms with van der Waals surface area (Å²) in [6, 6.07) is 8.39. The van der Waals surface area contributed by atoms with Crippen LogP contribution in [-0.4, -0.2) is 53.0 Å². The monoisotopic (exact) mass is 409 g/mol. The summed E-state index contributed by atoms with van der Waals surface area (Å²) >= 11 is 5.06. The first-order valence-corrected chi connectivity index (χ1v) is 10.7. The lowest BCUT2D eigenvalue weighted by atomic mass is 9.97. The summed E-state index contributed by atoms with van der Waals surface area (Å²) in [7, 11) is -1.66. The minimum atomic E-state index is -3.49. The van der Waals surface area contributed by atoms with E-state index in [1.807, 2.05) is 7.05 Å². The SMILES string of the molecule is Cn1c(CCNC(=O)C2CCN(S(=O)(=O)c3ccccc3)CC2)n[nH]c1=S. The lowest BCUT2D eigenvalue weighted by molar-refractivity contribution is -0.126. The molecule has 2 heterocycles. The van der Waals surface area contributed by atoms with Gasteiger partial charge in [0.15, 0.2) is 4.77 Å². The molecule has 2 N–H and O–H groups in total. The zero-order chi connectivity index (χ0) is 19.4. The van der Waals surface area contributed by atoms with Crippen LogP contribution in [0.4, 0.5) is 0 Å². The summed E-state index contributed by atoms with van der Waals surface area (Å²) < 4.78 is 29.0. The molecule has 0 unspecified atom stereocenters. The number of aromatic amines is 1. The van der Waals surface area contributed by atoms with E-state index >= 15 is 0 Å². The molecule has 1 amide bonds. The molecule has 27 heavy (non-hydrogen) atoms. The summed E-state index contributed by atoms with van der Waals surface area (Å²) in [4.78, 5) is 12.7. The number of H-pyrrole nitrogens is 1. The number of aromatic nitrogens is 3. The van der Waals surface area contributed by atoms with Crippen molar-refractivity contribution in [1.29, 1.82) is 0 Å². The van der Waals surface area contributed by atoms with Crippen LogP contribution in [0.5, 0.6) is 0 Å². The molecule has 1 aliphatic rings. The predicted octanol–water partition coefficient (Wildman–Crippen LogP) is 1.24. The Morgan fingerprint density at radius 2 is 1.96 bits per heavy atom. The van der Waals surface area contributed by atoms with Crippen LogP contribution in [0, 0.1) is 10.7 Å². The van der Waals surface area contributed by atoms with Gasteiger partial charge in [0.05, 0.1) is 4.90 Å². The van der Waals surface area contributed by atoms with Gasteiger partial charge in [-0.15, -0.1) is 0 Å². The van der Waals surface area contributed by atoms with Crippen LogP contribution >= 0.6 is 12.2 Å². The summed E-state index contributed by atoms with van der Waals surface area (Å²) in [6.45, 7) is 1.17. The van der Waals surface area contributed by atoms with Crippen molar-refractivity contribution in [2.75, 3.05) is 19.6 Å². The van der Waals surface area contributed by atoms with E-state index in [1.165, 1.54) is 4.31 Å². The van der Waals surface area contributed by atoms with Crippen molar-refractivity contribution in [3.63, 3.8) is 0 Å². The zero-order valence-corrected chi connectivity index (χ0v) is 16.7. The average molecular weight is 410 g/mol. The molecule has 1 aromatic carbocycles. The number of nitrogens with zero attached hydrogens (tertiary/aromatic N) is 3. The first kappa shape index (κ1) is 19.7. The lowest BCUT2D eigenvalue weighted by Gasteiger charge is -2.30. The molecule has 0 bridgehead atoms. The second-order valence-electron chi connectivity index (χ2n) is 6.54. The van der Waals surface area contributed by atoms with Crippen molar-refractivity contribution < 1.29 is 13.2 Å². The van der Waals surface area contributed by atoms with E-state index in [1.54, 1.807) is 34.9 Å². The number of nitrogens with one attached hydrogen (secondary N) is 2. The van der Waals surface area contributed by atoms with Crippen LogP contribution in [0.25, 0.3) is 0 Å². The van der Waals surface area contributed by atoms with Gasteiger partial charge in [0.25, 0.3) is 0 Å². The van der Waals surface area contributed by atoms with Crippen LogP contribution < -0.4 is 5.32 Å². The van der Waals surface area contributed by atoms with Crippen molar-refractivity contribution >= 4 is 28.1 Å². The number of amides is 1. The molecule has 0 saturated carbocycles. The number of carbonyl (C=O) groups is 1. The quantitative estimate of drug-likeness (QED) is 0.699. The number of rotatable bonds is 6. The maximum atomic E-state index is 12.6. The van der Waals surface area contributed by atoms with E-state index in [2.05, 4.69) is 15.5 Å². The Labute approximate surface area is 163 Å². The van der Waals surface area contributed by atoms with Crippen molar-refractivity contribution in [2.24, 2.45) is 13.0 Å². The molecule has 1 saturated heterocycles. The van der Waals surface area contributed by atoms with Crippen molar-refractivity contribution in [3.05, 3.63) is 40.9 Å². The van der Waals surface area contributed by atoms with Crippen molar-refractivity contribution in [2.45, 2.75) is 24.2 Å². The number of sulfonamides is 1. The number of carbonyl (C=O) groups excluding carboxylic acids is 1. The molecule has 0 radical (unpaired) electrons. The van der Waals surface area contributed by atoms with E-state index in [9.17, 15) is 13.2 Å². The van der Waals surface area contributed by atoms with E-state index in [0.29, 0.717) is 48.6 Å². The minimum Gasteiger partial charge on any atom is -0.355 e. The van der Waals surface area contributed by atoms with Gasteiger partial charge in [-0.05, 0) is 37.2 Å². The lowest BCUT2D eigenvalue weighted by Crippen LogP contribution is -2.43. The van der Waals surface area contributed by atoms with E-state index in [0.717, 1.165) is 5.82 Å². The Balaban J connectivity index is 1.49. The molecule has 1 aromatic heterocycles. The Hall–Kier alpha value is -2.04. The summed E-state index contributed by atoms with van der Waals surface area (Å²) in [6.07, 6.45) is 1.62. The zero-order valence-electron chi connectivity index (χ0n) is 15.1. The first-order valence-electron chi connectivity index (χ1n) is 8.83. The highest BCUT2D eigenvalue weighted by atomic mass is 32.2. The molecule has 8 nitrogen and oxygen atoms in total. The molecule has 0 atom stereocenters. The second-order valence-corrected chi connectivity index (χ2v) is 8.86. The van der Waals surface area contributed by atoms with Gasteiger partial charge >= 0.3 is 0 Å². The number of hydrogen-bond acceptors (Lipinski definition) is 5. The van der Waals surface area contributed by atoms with Gasteiger partial charge in [-0.1, -0.05) is 18.2 Å². The maximum absolute atomic E-state index is 12.6. The average Bonchev–Trinajstić information content (AvgIpc) is 3.01. The van der Waals surface area contributed by atoms with Crippen LogP contribution in [-0.2, 0) is 28.3 Å². The summed E-state index contributed by atoms with van der Waals surface area (Å²) in [5.41, 5.74) is 0. The highest BCUT2D eigenvalue weighted by Crippen LogP contribution is 2.23. The van der Waals surface area contributed by atoms with Gasteiger partial charge in [0.2, 0.25) is 15.9 Å². The Morgan fingerprint density at radius 3 is 2.56 bits per heavy atom. The third-order valence-electron chi connectivity index (χ3n) is 4.83. The van der Waals surface area contributed by atoms with Gasteiger partial charge in [0.1, 0.15) is 5.82 Å². The molecular formula is C17H23N5O3S2. The van der Waals surface area contributed by atoms with Crippen LogP contribution in [0.2, 0.25) is 0 Å². The van der Waals surface area contributed by atoms with E-state index in [-0.39, 0.29) is 11.8 Å². The molecule has 10 heteroatoms. The van der Waals surface area contributed by atoms with Gasteiger partial charge in [0, 0.05) is 39.0 Å². The Bertz CT molecular complexity index is 944. The maximum Gasteiger partial charge on any atom is 0.243 e. The third kappa shape index (κ3) is 4.45. The third-order valence-corrected chi connectivity index (χ3v) is 7.10. The highest BCUT2D eigenvalue weighted by molar-refractivity contribution is 7.89. The standard InChI is InChI=1S/C17H23N5O3S2/c1-21-15(19-20-17(21)26)7-10-18-16(23)13-8-11-22(12-9-13)27(24,25)14-5-3-2-4-6-14/h2-6,13H,7-12H2,1H3,(H,18,23)(H,20,26). The fourth-order valence-electron chi connectivity index (χ4n) is 3.14.